The van der Waals surface area contributed by atoms with Crippen LogP contribution in [-0.2, 0) is 0 Å². The summed E-state index contributed by atoms with van der Waals surface area (Å²) in [5.74, 6) is 0.261. The molecular formula is C18H14BrF3N4O. The van der Waals surface area contributed by atoms with Crippen LogP contribution in [0.1, 0.15) is 29.6 Å². The number of hydrogen-bond donors (Lipinski definition) is 1. The molecule has 3 aromatic rings. The molecule has 0 fully saturated rings. The quantitative estimate of drug-likeness (QED) is 0.627. The van der Waals surface area contributed by atoms with Gasteiger partial charge in [-0.25, -0.2) is 9.07 Å². The molecule has 2 unspecified atom stereocenters. The van der Waals surface area contributed by atoms with Crippen molar-refractivity contribution in [2.75, 3.05) is 5.32 Å². The van der Waals surface area contributed by atoms with Crippen LogP contribution in [0.3, 0.4) is 0 Å². The highest BCUT2D eigenvalue weighted by atomic mass is 79.9. The molecule has 9 heteroatoms. The molecule has 2 atom stereocenters. The number of aromatic nitrogens is 3. The molecule has 0 bridgehead atoms. The summed E-state index contributed by atoms with van der Waals surface area (Å²) in [5.41, 5.74) is 1.42. The number of nitrogens with zero attached hydrogens (tertiary/aromatic N) is 3. The zero-order valence-electron chi connectivity index (χ0n) is 13.8. The zero-order valence-corrected chi connectivity index (χ0v) is 15.4. The number of rotatable bonds is 4. The Morgan fingerprint density at radius 3 is 2.70 bits per heavy atom. The second kappa shape index (κ2) is 7.22. The SMILES string of the molecule is Fc1ccc(C2CC(c3cc(Br)ccc3OC(F)F)n3ncnc3N2)cc1. The zero-order chi connectivity index (χ0) is 19.0. The van der Waals surface area contributed by atoms with Crippen LogP contribution < -0.4 is 10.1 Å². The largest absolute Gasteiger partial charge is 0.434 e. The summed E-state index contributed by atoms with van der Waals surface area (Å²) >= 11 is 3.38. The first-order valence-electron chi connectivity index (χ1n) is 8.17. The molecule has 0 radical (unpaired) electrons. The van der Waals surface area contributed by atoms with Crippen LogP contribution in [0.2, 0.25) is 0 Å². The van der Waals surface area contributed by atoms with Gasteiger partial charge in [0.05, 0.1) is 12.1 Å². The first-order chi connectivity index (χ1) is 13.0. The maximum Gasteiger partial charge on any atom is 0.387 e. The Morgan fingerprint density at radius 1 is 1.19 bits per heavy atom. The number of benzene rings is 2. The number of halogens is 4. The van der Waals surface area contributed by atoms with Gasteiger partial charge in [0.15, 0.2) is 0 Å². The third-order valence-corrected chi connectivity index (χ3v) is 4.94. The van der Waals surface area contributed by atoms with Gasteiger partial charge in [0.25, 0.3) is 0 Å². The fourth-order valence-corrected chi connectivity index (χ4v) is 3.65. The molecule has 1 N–H and O–H groups in total. The molecule has 0 spiro atoms. The van der Waals surface area contributed by atoms with E-state index in [0.29, 0.717) is 17.9 Å². The highest BCUT2D eigenvalue weighted by Gasteiger charge is 2.32. The second-order valence-corrected chi connectivity index (χ2v) is 7.00. The van der Waals surface area contributed by atoms with Crippen LogP contribution in [0.4, 0.5) is 19.1 Å². The van der Waals surface area contributed by atoms with Gasteiger partial charge in [0.2, 0.25) is 5.95 Å². The molecular weight excluding hydrogens is 425 g/mol. The molecule has 0 amide bonds. The van der Waals surface area contributed by atoms with Crippen molar-refractivity contribution in [1.29, 1.82) is 0 Å². The minimum Gasteiger partial charge on any atom is -0.434 e. The van der Waals surface area contributed by atoms with E-state index >= 15 is 0 Å². The lowest BCUT2D eigenvalue weighted by Crippen LogP contribution is -2.28. The Labute approximate surface area is 161 Å². The lowest BCUT2D eigenvalue weighted by molar-refractivity contribution is -0.0508. The predicted molar refractivity (Wildman–Crippen MR) is 96.3 cm³/mol. The summed E-state index contributed by atoms with van der Waals surface area (Å²) in [4.78, 5) is 4.20. The van der Waals surface area contributed by atoms with Crippen LogP contribution in [0.15, 0.2) is 53.3 Å². The first-order valence-corrected chi connectivity index (χ1v) is 8.96. The molecule has 1 aliphatic rings. The molecule has 0 saturated heterocycles. The second-order valence-electron chi connectivity index (χ2n) is 6.09. The Kier molecular flexibility index (Phi) is 4.77. The first kappa shape index (κ1) is 17.8. The molecule has 2 heterocycles. The van der Waals surface area contributed by atoms with E-state index in [4.69, 9.17) is 4.74 Å². The summed E-state index contributed by atoms with van der Waals surface area (Å²) in [6, 6.07) is 10.4. The van der Waals surface area contributed by atoms with E-state index in [9.17, 15) is 13.2 Å². The monoisotopic (exact) mass is 438 g/mol. The van der Waals surface area contributed by atoms with E-state index in [0.717, 1.165) is 10.0 Å². The maximum atomic E-state index is 13.3. The normalized spacial score (nSPS) is 18.9. The van der Waals surface area contributed by atoms with Crippen LogP contribution >= 0.6 is 15.9 Å². The maximum absolute atomic E-state index is 13.3. The van der Waals surface area contributed by atoms with Crippen molar-refractivity contribution < 1.29 is 17.9 Å². The van der Waals surface area contributed by atoms with E-state index in [1.807, 2.05) is 0 Å². The summed E-state index contributed by atoms with van der Waals surface area (Å²) < 4.78 is 46.1. The Hall–Kier alpha value is -2.55. The van der Waals surface area contributed by atoms with Crippen molar-refractivity contribution in [3.05, 3.63) is 70.2 Å². The Balaban J connectivity index is 1.76. The van der Waals surface area contributed by atoms with Crippen LogP contribution in [0.25, 0.3) is 0 Å². The van der Waals surface area contributed by atoms with E-state index in [1.165, 1.54) is 24.5 Å². The molecule has 5 nitrogen and oxygen atoms in total. The topological polar surface area (TPSA) is 52.0 Å². The van der Waals surface area contributed by atoms with Crippen LogP contribution in [0, 0.1) is 5.82 Å². The summed E-state index contributed by atoms with van der Waals surface area (Å²) in [6.45, 7) is -2.94. The Bertz CT molecular complexity index is 948. The van der Waals surface area contributed by atoms with Gasteiger partial charge in [-0.05, 0) is 42.3 Å². The van der Waals surface area contributed by atoms with Crippen LogP contribution in [-0.4, -0.2) is 21.4 Å². The average molecular weight is 439 g/mol. The minimum atomic E-state index is -2.94. The van der Waals surface area contributed by atoms with Crippen molar-refractivity contribution in [2.45, 2.75) is 25.1 Å². The third-order valence-electron chi connectivity index (χ3n) is 4.45. The van der Waals surface area contributed by atoms with Gasteiger partial charge in [-0.15, -0.1) is 0 Å². The predicted octanol–water partition coefficient (Wildman–Crippen LogP) is 4.93. The number of nitrogens with one attached hydrogen (secondary N) is 1. The van der Waals surface area contributed by atoms with Gasteiger partial charge < -0.3 is 10.1 Å². The molecule has 4 rings (SSSR count). The van der Waals surface area contributed by atoms with Crippen LogP contribution in [0.5, 0.6) is 5.75 Å². The van der Waals surface area contributed by atoms with E-state index in [2.05, 4.69) is 31.3 Å². The number of ether oxygens (including phenoxy) is 1. The molecule has 27 heavy (non-hydrogen) atoms. The summed E-state index contributed by atoms with van der Waals surface area (Å²) in [6.07, 6.45) is 1.89. The number of hydrogen-bond acceptors (Lipinski definition) is 4. The molecule has 1 aromatic heterocycles. The third kappa shape index (κ3) is 3.64. The molecule has 0 saturated carbocycles. The van der Waals surface area contributed by atoms with Gasteiger partial charge in [0.1, 0.15) is 17.9 Å². The van der Waals surface area contributed by atoms with Crippen molar-refractivity contribution in [3.63, 3.8) is 0 Å². The molecule has 140 valence electrons. The molecule has 0 aliphatic carbocycles. The van der Waals surface area contributed by atoms with Crippen molar-refractivity contribution in [2.24, 2.45) is 0 Å². The van der Waals surface area contributed by atoms with E-state index in [1.54, 1.807) is 28.9 Å². The summed E-state index contributed by atoms with van der Waals surface area (Å²) in [5, 5.41) is 7.48. The van der Waals surface area contributed by atoms with Gasteiger partial charge in [-0.2, -0.15) is 18.9 Å². The number of alkyl halides is 2. The smallest absolute Gasteiger partial charge is 0.387 e. The van der Waals surface area contributed by atoms with Gasteiger partial charge in [-0.1, -0.05) is 28.1 Å². The van der Waals surface area contributed by atoms with Gasteiger partial charge in [0, 0.05) is 10.0 Å². The van der Waals surface area contributed by atoms with E-state index in [-0.39, 0.29) is 23.7 Å². The molecule has 2 aromatic carbocycles. The average Bonchev–Trinajstić information content (AvgIpc) is 3.11. The van der Waals surface area contributed by atoms with Crippen molar-refractivity contribution in [3.8, 4) is 5.75 Å². The van der Waals surface area contributed by atoms with Crippen molar-refractivity contribution in [1.82, 2.24) is 14.8 Å². The lowest BCUT2D eigenvalue weighted by atomic mass is 9.93. The standard InChI is InChI=1S/C18H14BrF3N4O/c19-11-3-6-16(27-17(21)22)13(7-11)15-8-14(10-1-4-12(20)5-2-10)25-18-23-9-24-26(15)18/h1-7,9,14-15,17H,8H2,(H,23,24,25). The lowest BCUT2D eigenvalue weighted by Gasteiger charge is -2.32. The van der Waals surface area contributed by atoms with Gasteiger partial charge >= 0.3 is 6.61 Å². The van der Waals surface area contributed by atoms with E-state index < -0.39 is 6.61 Å². The summed E-state index contributed by atoms with van der Waals surface area (Å²) in [7, 11) is 0. The minimum absolute atomic E-state index is 0.0828. The highest BCUT2D eigenvalue weighted by Crippen LogP contribution is 2.41. The highest BCUT2D eigenvalue weighted by molar-refractivity contribution is 9.10. The van der Waals surface area contributed by atoms with Gasteiger partial charge in [-0.3, -0.25) is 0 Å². The fourth-order valence-electron chi connectivity index (χ4n) is 3.28. The molecule has 1 aliphatic heterocycles. The van der Waals surface area contributed by atoms with Crippen molar-refractivity contribution >= 4 is 21.9 Å². The number of anilines is 1. The Morgan fingerprint density at radius 2 is 1.96 bits per heavy atom. The fraction of sp³-hybridized carbons (Fsp3) is 0.222. The number of fused-ring (bicyclic) bond motifs is 1.